The number of piperidine rings is 1. The van der Waals surface area contributed by atoms with Crippen LogP contribution in [-0.2, 0) is 0 Å². The molecule has 0 radical (unpaired) electrons. The van der Waals surface area contributed by atoms with E-state index in [2.05, 4.69) is 28.1 Å². The number of rotatable bonds is 3. The second-order valence-electron chi connectivity index (χ2n) is 4.70. The lowest BCUT2D eigenvalue weighted by atomic mass is 10.0. The molecule has 0 spiro atoms. The summed E-state index contributed by atoms with van der Waals surface area (Å²) >= 11 is 1.44. The van der Waals surface area contributed by atoms with Gasteiger partial charge in [0.25, 0.3) is 0 Å². The van der Waals surface area contributed by atoms with Crippen LogP contribution in [0.25, 0.3) is 0 Å². The van der Waals surface area contributed by atoms with Crippen LogP contribution in [0.1, 0.15) is 38.4 Å². The van der Waals surface area contributed by atoms with Gasteiger partial charge in [-0.15, -0.1) is 0 Å². The highest BCUT2D eigenvalue weighted by Crippen LogP contribution is 2.26. The van der Waals surface area contributed by atoms with E-state index in [4.69, 9.17) is 0 Å². The summed E-state index contributed by atoms with van der Waals surface area (Å²) < 4.78 is 17.0. The molecule has 1 aliphatic rings. The van der Waals surface area contributed by atoms with E-state index in [0.717, 1.165) is 36.9 Å². The van der Waals surface area contributed by atoms with Gasteiger partial charge < -0.3 is 4.90 Å². The molecule has 1 unspecified atom stereocenters. The maximum atomic E-state index is 12.6. The number of halogens is 1. The third-order valence-corrected chi connectivity index (χ3v) is 3.75. The fourth-order valence-corrected chi connectivity index (χ4v) is 2.80. The summed E-state index contributed by atoms with van der Waals surface area (Å²) in [5.41, 5.74) is 0. The predicted molar refractivity (Wildman–Crippen MR) is 64.9 cm³/mol. The van der Waals surface area contributed by atoms with Crippen molar-refractivity contribution in [3.8, 4) is 0 Å². The molecule has 0 aliphatic carbocycles. The van der Waals surface area contributed by atoms with Crippen molar-refractivity contribution < 1.29 is 4.39 Å². The molecule has 0 amide bonds. The molecule has 0 bridgehead atoms. The molecule has 0 N–H and O–H groups in total. The number of alkyl halides is 1. The Balaban J connectivity index is 2.05. The molecule has 90 valence electrons. The third kappa shape index (κ3) is 2.51. The molecule has 0 saturated carbocycles. The van der Waals surface area contributed by atoms with E-state index in [1.54, 1.807) is 0 Å². The normalized spacial score (nSPS) is 21.8. The Morgan fingerprint density at radius 1 is 1.56 bits per heavy atom. The van der Waals surface area contributed by atoms with Crippen LogP contribution in [0.5, 0.6) is 0 Å². The monoisotopic (exact) mass is 243 g/mol. The second-order valence-corrected chi connectivity index (χ2v) is 5.43. The van der Waals surface area contributed by atoms with Crippen LogP contribution >= 0.6 is 11.5 Å². The van der Waals surface area contributed by atoms with Gasteiger partial charge in [-0.25, -0.2) is 4.98 Å². The van der Waals surface area contributed by atoms with Crippen LogP contribution in [0.15, 0.2) is 0 Å². The van der Waals surface area contributed by atoms with Gasteiger partial charge in [-0.05, 0) is 12.8 Å². The molecule has 3 nitrogen and oxygen atoms in total. The molecular weight excluding hydrogens is 225 g/mol. The van der Waals surface area contributed by atoms with Crippen molar-refractivity contribution in [2.75, 3.05) is 24.7 Å². The molecule has 1 aliphatic heterocycles. The first-order valence-corrected chi connectivity index (χ1v) is 6.62. The molecule has 1 atom stereocenters. The van der Waals surface area contributed by atoms with Gasteiger partial charge in [0.1, 0.15) is 5.82 Å². The smallest absolute Gasteiger partial charge is 0.205 e. The Morgan fingerprint density at radius 2 is 2.38 bits per heavy atom. The van der Waals surface area contributed by atoms with Crippen molar-refractivity contribution in [3.05, 3.63) is 5.82 Å². The van der Waals surface area contributed by atoms with Crippen molar-refractivity contribution in [2.24, 2.45) is 5.92 Å². The maximum Gasteiger partial charge on any atom is 0.205 e. The Bertz CT molecular complexity index is 340. The molecule has 1 aromatic heterocycles. The molecule has 1 saturated heterocycles. The van der Waals surface area contributed by atoms with Crippen LogP contribution in [0.2, 0.25) is 0 Å². The van der Waals surface area contributed by atoms with Crippen LogP contribution in [0.3, 0.4) is 0 Å². The molecular formula is C11H18FN3S. The predicted octanol–water partition coefficient (Wildman–Crippen LogP) is 2.85. The second kappa shape index (κ2) is 5.08. The van der Waals surface area contributed by atoms with Gasteiger partial charge in [-0.2, -0.15) is 4.37 Å². The first-order valence-electron chi connectivity index (χ1n) is 5.85. The molecule has 5 heteroatoms. The lowest BCUT2D eigenvalue weighted by Gasteiger charge is -2.30. The van der Waals surface area contributed by atoms with E-state index in [-0.39, 0.29) is 12.6 Å². The summed E-state index contributed by atoms with van der Waals surface area (Å²) in [6, 6.07) is 0. The zero-order valence-electron chi connectivity index (χ0n) is 9.82. The highest BCUT2D eigenvalue weighted by atomic mass is 32.1. The van der Waals surface area contributed by atoms with Gasteiger partial charge in [-0.1, -0.05) is 13.8 Å². The van der Waals surface area contributed by atoms with E-state index < -0.39 is 0 Å². The molecule has 16 heavy (non-hydrogen) atoms. The average Bonchev–Trinajstić information content (AvgIpc) is 2.78. The zero-order chi connectivity index (χ0) is 11.5. The Kier molecular flexibility index (Phi) is 3.74. The molecule has 1 aromatic rings. The fourth-order valence-electron chi connectivity index (χ4n) is 1.95. The number of anilines is 1. The highest BCUT2D eigenvalue weighted by molar-refractivity contribution is 7.09. The van der Waals surface area contributed by atoms with Gasteiger partial charge in [-0.3, -0.25) is 4.39 Å². The number of hydrogen-bond acceptors (Lipinski definition) is 4. The van der Waals surface area contributed by atoms with Gasteiger partial charge >= 0.3 is 0 Å². The van der Waals surface area contributed by atoms with E-state index in [0.29, 0.717) is 5.92 Å². The first kappa shape index (κ1) is 11.8. The van der Waals surface area contributed by atoms with Crippen LogP contribution in [0.4, 0.5) is 9.52 Å². The summed E-state index contributed by atoms with van der Waals surface area (Å²) in [5, 5.41) is 0.960. The molecule has 0 aromatic carbocycles. The van der Waals surface area contributed by atoms with Crippen molar-refractivity contribution in [2.45, 2.75) is 32.6 Å². The van der Waals surface area contributed by atoms with Gasteiger partial charge in [0.2, 0.25) is 5.13 Å². The van der Waals surface area contributed by atoms with E-state index in [9.17, 15) is 4.39 Å². The number of hydrogen-bond donors (Lipinski definition) is 0. The number of nitrogens with zero attached hydrogens (tertiary/aromatic N) is 3. The summed E-state index contributed by atoms with van der Waals surface area (Å²) in [5.74, 6) is 1.45. The van der Waals surface area contributed by atoms with E-state index in [1.165, 1.54) is 11.5 Å². The molecule has 1 fully saturated rings. The van der Waals surface area contributed by atoms with Crippen molar-refractivity contribution in [3.63, 3.8) is 0 Å². The lowest BCUT2D eigenvalue weighted by Crippen LogP contribution is -2.36. The summed E-state index contributed by atoms with van der Waals surface area (Å²) in [7, 11) is 0. The quantitative estimate of drug-likeness (QED) is 0.817. The minimum atomic E-state index is -0.216. The van der Waals surface area contributed by atoms with Crippen LogP contribution in [0, 0.1) is 5.92 Å². The lowest BCUT2D eigenvalue weighted by molar-refractivity contribution is 0.316. The van der Waals surface area contributed by atoms with Crippen molar-refractivity contribution >= 4 is 16.7 Å². The zero-order valence-corrected chi connectivity index (χ0v) is 10.6. The van der Waals surface area contributed by atoms with E-state index >= 15 is 0 Å². The number of aromatic nitrogens is 2. The van der Waals surface area contributed by atoms with Crippen molar-refractivity contribution in [1.82, 2.24) is 9.36 Å². The SMILES string of the molecule is CC(C)c1nsc(N2CCCC(CF)C2)n1. The van der Waals surface area contributed by atoms with E-state index in [1.807, 2.05) is 0 Å². The Labute approximate surface area is 99.9 Å². The minimum Gasteiger partial charge on any atom is -0.346 e. The average molecular weight is 243 g/mol. The van der Waals surface area contributed by atoms with Crippen LogP contribution in [-0.4, -0.2) is 29.1 Å². The third-order valence-electron chi connectivity index (χ3n) is 2.96. The first-order chi connectivity index (χ1) is 7.70. The van der Waals surface area contributed by atoms with Gasteiger partial charge in [0.15, 0.2) is 0 Å². The van der Waals surface area contributed by atoms with Crippen molar-refractivity contribution in [1.29, 1.82) is 0 Å². The Morgan fingerprint density at radius 3 is 3.00 bits per heavy atom. The maximum absolute atomic E-state index is 12.6. The standard InChI is InChI=1S/C11H18FN3S/c1-8(2)10-13-11(16-14-10)15-5-3-4-9(6-12)7-15/h8-9H,3-7H2,1-2H3. The topological polar surface area (TPSA) is 29.0 Å². The molecule has 2 heterocycles. The summed E-state index contributed by atoms with van der Waals surface area (Å²) in [6.45, 7) is 5.75. The highest BCUT2D eigenvalue weighted by Gasteiger charge is 2.22. The fraction of sp³-hybridized carbons (Fsp3) is 0.818. The minimum absolute atomic E-state index is 0.181. The summed E-state index contributed by atoms with van der Waals surface area (Å²) in [6.07, 6.45) is 2.06. The Hall–Kier alpha value is -0.710. The van der Waals surface area contributed by atoms with Gasteiger partial charge in [0.05, 0.1) is 6.67 Å². The summed E-state index contributed by atoms with van der Waals surface area (Å²) in [4.78, 5) is 6.69. The van der Waals surface area contributed by atoms with Gasteiger partial charge in [0, 0.05) is 36.5 Å². The largest absolute Gasteiger partial charge is 0.346 e. The van der Waals surface area contributed by atoms with Crippen LogP contribution < -0.4 is 4.90 Å². The molecule has 2 rings (SSSR count).